The molecule has 5 aromatic carbocycles. The van der Waals surface area contributed by atoms with Crippen LogP contribution in [-0.4, -0.2) is 24.9 Å². The maximum absolute atomic E-state index is 5.16. The van der Waals surface area contributed by atoms with E-state index in [4.69, 9.17) is 24.9 Å². The van der Waals surface area contributed by atoms with E-state index in [0.717, 1.165) is 72.8 Å². The van der Waals surface area contributed by atoms with Gasteiger partial charge in [0.15, 0.2) is 17.5 Å². The van der Waals surface area contributed by atoms with Crippen molar-refractivity contribution in [1.29, 1.82) is 0 Å². The first-order valence-electron chi connectivity index (χ1n) is 16.7. The van der Waals surface area contributed by atoms with Crippen molar-refractivity contribution in [1.82, 2.24) is 24.9 Å². The molecule has 50 heavy (non-hydrogen) atoms. The molecule has 3 aromatic heterocycles. The van der Waals surface area contributed by atoms with E-state index in [1.807, 2.05) is 86.6 Å². The van der Waals surface area contributed by atoms with Crippen LogP contribution in [0.1, 0.15) is 11.4 Å². The van der Waals surface area contributed by atoms with Gasteiger partial charge < -0.3 is 0 Å². The molecule has 0 radical (unpaired) electrons. The number of pyridine rings is 2. The van der Waals surface area contributed by atoms with Gasteiger partial charge in [-0.1, -0.05) is 109 Å². The molecule has 0 fully saturated rings. The Morgan fingerprint density at radius 1 is 0.260 bits per heavy atom. The maximum Gasteiger partial charge on any atom is 0.164 e. The SMILES string of the molecule is Cc1cccc(-c2cccc(-c3nc(-c4cc(-c5ccccc5)cc(-c5ccccc5)c4)nc(-c4cccc(-c5cccc(C)n5)c4)n3)c2)n1. The number of nitrogens with zero attached hydrogens (tertiary/aromatic N) is 5. The van der Waals surface area contributed by atoms with E-state index in [-0.39, 0.29) is 0 Å². The molecule has 0 aliphatic carbocycles. The summed E-state index contributed by atoms with van der Waals surface area (Å²) in [4.78, 5) is 25.0. The lowest BCUT2D eigenvalue weighted by Crippen LogP contribution is -2.01. The number of aromatic nitrogens is 5. The van der Waals surface area contributed by atoms with Gasteiger partial charge in [0.25, 0.3) is 0 Å². The van der Waals surface area contributed by atoms with Gasteiger partial charge >= 0.3 is 0 Å². The van der Waals surface area contributed by atoms with Gasteiger partial charge in [-0.25, -0.2) is 15.0 Å². The van der Waals surface area contributed by atoms with Gasteiger partial charge in [0.1, 0.15) is 0 Å². The highest BCUT2D eigenvalue weighted by Crippen LogP contribution is 2.34. The third-order valence-electron chi connectivity index (χ3n) is 8.65. The largest absolute Gasteiger partial charge is 0.253 e. The minimum Gasteiger partial charge on any atom is -0.253 e. The van der Waals surface area contributed by atoms with Crippen molar-refractivity contribution in [2.75, 3.05) is 0 Å². The van der Waals surface area contributed by atoms with Crippen molar-refractivity contribution < 1.29 is 0 Å². The predicted molar refractivity (Wildman–Crippen MR) is 203 cm³/mol. The van der Waals surface area contributed by atoms with Crippen LogP contribution in [0.4, 0.5) is 0 Å². The van der Waals surface area contributed by atoms with Crippen molar-refractivity contribution in [3.8, 4) is 78.9 Å². The standard InChI is InChI=1S/C45H33N5/c1-30-13-9-23-41(46-30)34-19-11-21-36(25-34)43-48-44(37-22-12-20-35(26-37)42-24-10-14-31(2)47-42)50-45(49-43)40-28-38(32-15-5-3-6-16-32)27-39(29-40)33-17-7-4-8-18-33/h3-29H,1-2H3. The van der Waals surface area contributed by atoms with Crippen LogP contribution < -0.4 is 0 Å². The summed E-state index contributed by atoms with van der Waals surface area (Å²) >= 11 is 0. The fourth-order valence-corrected chi connectivity index (χ4v) is 6.16. The third-order valence-corrected chi connectivity index (χ3v) is 8.65. The fourth-order valence-electron chi connectivity index (χ4n) is 6.16. The molecule has 0 unspecified atom stereocenters. The molecule has 0 saturated carbocycles. The molecule has 5 heteroatoms. The van der Waals surface area contributed by atoms with E-state index in [0.29, 0.717) is 17.5 Å². The summed E-state index contributed by atoms with van der Waals surface area (Å²) in [5.74, 6) is 1.77. The summed E-state index contributed by atoms with van der Waals surface area (Å²) < 4.78 is 0. The summed E-state index contributed by atoms with van der Waals surface area (Å²) in [6.07, 6.45) is 0. The van der Waals surface area contributed by atoms with Crippen LogP contribution in [0.2, 0.25) is 0 Å². The molecule has 0 saturated heterocycles. The van der Waals surface area contributed by atoms with E-state index in [9.17, 15) is 0 Å². The second kappa shape index (κ2) is 13.5. The first-order valence-corrected chi connectivity index (χ1v) is 16.7. The highest BCUT2D eigenvalue weighted by Gasteiger charge is 2.16. The maximum atomic E-state index is 5.16. The van der Waals surface area contributed by atoms with Crippen molar-refractivity contribution in [3.05, 3.63) is 175 Å². The molecule has 0 aliphatic heterocycles. The average Bonchev–Trinajstić information content (AvgIpc) is 3.18. The van der Waals surface area contributed by atoms with Gasteiger partial charge in [-0.15, -0.1) is 0 Å². The van der Waals surface area contributed by atoms with Crippen LogP contribution in [0.5, 0.6) is 0 Å². The average molecular weight is 644 g/mol. The quantitative estimate of drug-likeness (QED) is 0.173. The Labute approximate surface area is 292 Å². The van der Waals surface area contributed by atoms with Gasteiger partial charge in [0.2, 0.25) is 0 Å². The van der Waals surface area contributed by atoms with Crippen LogP contribution in [0.15, 0.2) is 164 Å². The van der Waals surface area contributed by atoms with E-state index < -0.39 is 0 Å². The van der Waals surface area contributed by atoms with E-state index in [2.05, 4.69) is 91.0 Å². The molecule has 8 aromatic rings. The van der Waals surface area contributed by atoms with Gasteiger partial charge in [0, 0.05) is 39.2 Å². The molecule has 0 atom stereocenters. The molecule has 0 bridgehead atoms. The lowest BCUT2D eigenvalue weighted by Gasteiger charge is -2.13. The number of hydrogen-bond donors (Lipinski definition) is 0. The van der Waals surface area contributed by atoms with E-state index >= 15 is 0 Å². The fraction of sp³-hybridized carbons (Fsp3) is 0.0444. The molecule has 0 spiro atoms. The van der Waals surface area contributed by atoms with Gasteiger partial charge in [-0.05, 0) is 90.7 Å². The van der Waals surface area contributed by atoms with Crippen molar-refractivity contribution in [2.24, 2.45) is 0 Å². The summed E-state index contributed by atoms with van der Waals surface area (Å²) in [6.45, 7) is 4.01. The van der Waals surface area contributed by atoms with Crippen LogP contribution in [0.3, 0.4) is 0 Å². The Bertz CT molecular complexity index is 2290. The molecule has 5 nitrogen and oxygen atoms in total. The van der Waals surface area contributed by atoms with E-state index in [1.165, 1.54) is 0 Å². The third kappa shape index (κ3) is 6.58. The first kappa shape index (κ1) is 30.7. The van der Waals surface area contributed by atoms with Gasteiger partial charge in [0.05, 0.1) is 11.4 Å². The second-order valence-corrected chi connectivity index (χ2v) is 12.3. The highest BCUT2D eigenvalue weighted by atomic mass is 15.0. The second-order valence-electron chi connectivity index (χ2n) is 12.3. The van der Waals surface area contributed by atoms with Crippen molar-refractivity contribution in [3.63, 3.8) is 0 Å². The summed E-state index contributed by atoms with van der Waals surface area (Å²) in [5, 5.41) is 0. The van der Waals surface area contributed by atoms with Crippen LogP contribution >= 0.6 is 0 Å². The number of hydrogen-bond acceptors (Lipinski definition) is 5. The monoisotopic (exact) mass is 643 g/mol. The number of aryl methyl sites for hydroxylation is 2. The molecular weight excluding hydrogens is 611 g/mol. The van der Waals surface area contributed by atoms with Crippen molar-refractivity contribution >= 4 is 0 Å². The molecule has 238 valence electrons. The zero-order chi connectivity index (χ0) is 33.9. The Balaban J connectivity index is 1.33. The van der Waals surface area contributed by atoms with Gasteiger partial charge in [-0.3, -0.25) is 9.97 Å². The normalized spacial score (nSPS) is 11.0. The van der Waals surface area contributed by atoms with E-state index in [1.54, 1.807) is 0 Å². The molecule has 0 N–H and O–H groups in total. The Kier molecular flexibility index (Phi) is 8.29. The Morgan fingerprint density at radius 3 is 1.04 bits per heavy atom. The minimum absolute atomic E-state index is 0.588. The Morgan fingerprint density at radius 2 is 0.600 bits per heavy atom. The van der Waals surface area contributed by atoms with Crippen LogP contribution in [0.25, 0.3) is 78.9 Å². The summed E-state index contributed by atoms with van der Waals surface area (Å²) in [6, 6.07) is 56.1. The van der Waals surface area contributed by atoms with Crippen LogP contribution in [-0.2, 0) is 0 Å². The molecule has 0 aliphatic rings. The van der Waals surface area contributed by atoms with Gasteiger partial charge in [-0.2, -0.15) is 0 Å². The Hall–Kier alpha value is -6.59. The molecule has 3 heterocycles. The zero-order valence-electron chi connectivity index (χ0n) is 27.8. The smallest absolute Gasteiger partial charge is 0.164 e. The van der Waals surface area contributed by atoms with Crippen LogP contribution in [0, 0.1) is 13.8 Å². The highest BCUT2D eigenvalue weighted by molar-refractivity contribution is 5.81. The topological polar surface area (TPSA) is 64.5 Å². The molecule has 8 rings (SSSR count). The number of rotatable bonds is 7. The number of benzene rings is 5. The lowest BCUT2D eigenvalue weighted by molar-refractivity contribution is 1.07. The van der Waals surface area contributed by atoms with Crippen molar-refractivity contribution in [2.45, 2.75) is 13.8 Å². The lowest BCUT2D eigenvalue weighted by atomic mass is 9.96. The minimum atomic E-state index is 0.588. The zero-order valence-corrected chi connectivity index (χ0v) is 27.8. The molecule has 0 amide bonds. The first-order chi connectivity index (χ1) is 24.6. The summed E-state index contributed by atoms with van der Waals surface area (Å²) in [7, 11) is 0. The molecular formula is C45H33N5. The predicted octanol–water partition coefficient (Wildman–Crippen LogP) is 10.9. The summed E-state index contributed by atoms with van der Waals surface area (Å²) in [5.41, 5.74) is 12.8.